The molecule has 11 heavy (non-hydrogen) atoms. The molecule has 0 fully saturated rings. The largest absolute Gasteiger partial charge is 0.306 e. The summed E-state index contributed by atoms with van der Waals surface area (Å²) >= 11 is 5.82. The van der Waals surface area contributed by atoms with Crippen molar-refractivity contribution in [3.8, 4) is 0 Å². The zero-order valence-electron chi connectivity index (χ0n) is 5.57. The van der Waals surface area contributed by atoms with Crippen LogP contribution in [0.4, 0.5) is 0 Å². The van der Waals surface area contributed by atoms with Crippen LogP contribution >= 0.6 is 24.0 Å². The van der Waals surface area contributed by atoms with E-state index >= 15 is 0 Å². The first kappa shape index (κ1) is 8.37. The normalized spacial score (nSPS) is 9.55. The molecule has 2 aromatic rings. The van der Waals surface area contributed by atoms with Gasteiger partial charge in [0.05, 0.1) is 5.02 Å². The number of pyridine rings is 1. The molecular weight excluding hydrogens is 183 g/mol. The summed E-state index contributed by atoms with van der Waals surface area (Å²) in [4.78, 5) is 4.05. The van der Waals surface area contributed by atoms with Gasteiger partial charge in [0.1, 0.15) is 0 Å². The monoisotopic (exact) mass is 188 g/mol. The molecule has 0 saturated heterocycles. The summed E-state index contributed by atoms with van der Waals surface area (Å²) in [5.41, 5.74) is 0.809. The van der Waals surface area contributed by atoms with Gasteiger partial charge in [-0.2, -0.15) is 0 Å². The number of fused-ring (bicyclic) bond motifs is 1. The van der Waals surface area contributed by atoms with Crippen LogP contribution in [0.25, 0.3) is 5.65 Å². The Kier molecular flexibility index (Phi) is 2.37. The molecule has 0 aliphatic heterocycles. The maximum atomic E-state index is 5.82. The number of nitrogens with zero attached hydrogens (tertiary/aromatic N) is 2. The number of imidazole rings is 1. The molecule has 58 valence electrons. The van der Waals surface area contributed by atoms with Crippen molar-refractivity contribution in [2.24, 2.45) is 0 Å². The predicted octanol–water partition coefficient (Wildman–Crippen LogP) is 2.41. The number of hydrogen-bond donors (Lipinski definition) is 0. The zero-order chi connectivity index (χ0) is 6.97. The zero-order valence-corrected chi connectivity index (χ0v) is 7.14. The lowest BCUT2D eigenvalue weighted by Gasteiger charge is -1.92. The number of hydrogen-bond acceptors (Lipinski definition) is 1. The molecule has 0 N–H and O–H groups in total. The van der Waals surface area contributed by atoms with Crippen LogP contribution in [0.2, 0.25) is 5.02 Å². The third-order valence-electron chi connectivity index (χ3n) is 1.37. The van der Waals surface area contributed by atoms with E-state index in [0.29, 0.717) is 5.02 Å². The van der Waals surface area contributed by atoms with E-state index in [1.807, 2.05) is 28.9 Å². The van der Waals surface area contributed by atoms with Gasteiger partial charge in [-0.3, -0.25) is 0 Å². The van der Waals surface area contributed by atoms with Gasteiger partial charge >= 0.3 is 0 Å². The Hall–Kier alpha value is -0.730. The van der Waals surface area contributed by atoms with Gasteiger partial charge in [-0.15, -0.1) is 12.4 Å². The Balaban J connectivity index is 0.000000605. The molecule has 0 atom stereocenters. The molecule has 0 amide bonds. The summed E-state index contributed by atoms with van der Waals surface area (Å²) in [6.45, 7) is 0. The molecule has 0 radical (unpaired) electrons. The fraction of sp³-hybridized carbons (Fsp3) is 0. The van der Waals surface area contributed by atoms with Crippen molar-refractivity contribution in [3.63, 3.8) is 0 Å². The minimum Gasteiger partial charge on any atom is -0.306 e. The highest BCUT2D eigenvalue weighted by molar-refractivity contribution is 6.33. The standard InChI is InChI=1S/C7H5ClN2.ClH/c8-6-2-1-4-10-5-3-9-7(6)10;/h1-5H;1H. The van der Waals surface area contributed by atoms with Gasteiger partial charge in [0, 0.05) is 18.6 Å². The van der Waals surface area contributed by atoms with Crippen molar-refractivity contribution in [2.75, 3.05) is 0 Å². The van der Waals surface area contributed by atoms with Crippen molar-refractivity contribution in [3.05, 3.63) is 35.7 Å². The Morgan fingerprint density at radius 2 is 2.18 bits per heavy atom. The highest BCUT2D eigenvalue weighted by Gasteiger charge is 1.95. The lowest BCUT2D eigenvalue weighted by atomic mass is 10.5. The molecule has 2 heterocycles. The molecule has 0 saturated carbocycles. The van der Waals surface area contributed by atoms with Crippen LogP contribution in [0.1, 0.15) is 0 Å². The maximum Gasteiger partial charge on any atom is 0.155 e. The predicted molar refractivity (Wildman–Crippen MR) is 47.5 cm³/mol. The highest BCUT2D eigenvalue weighted by atomic mass is 35.5. The fourth-order valence-electron chi connectivity index (χ4n) is 0.913. The number of halogens is 2. The van der Waals surface area contributed by atoms with E-state index in [4.69, 9.17) is 11.6 Å². The van der Waals surface area contributed by atoms with Crippen LogP contribution in [-0.2, 0) is 0 Å². The van der Waals surface area contributed by atoms with Crippen LogP contribution in [0.15, 0.2) is 30.7 Å². The molecule has 2 aromatic heterocycles. The van der Waals surface area contributed by atoms with Crippen LogP contribution in [-0.4, -0.2) is 9.38 Å². The molecule has 0 bridgehead atoms. The summed E-state index contributed by atoms with van der Waals surface area (Å²) in [6.07, 6.45) is 5.50. The average molecular weight is 189 g/mol. The quantitative estimate of drug-likeness (QED) is 0.621. The van der Waals surface area contributed by atoms with Crippen molar-refractivity contribution in [1.29, 1.82) is 0 Å². The van der Waals surface area contributed by atoms with Gasteiger partial charge in [-0.25, -0.2) is 4.98 Å². The second kappa shape index (κ2) is 3.11. The van der Waals surface area contributed by atoms with Crippen molar-refractivity contribution < 1.29 is 0 Å². The van der Waals surface area contributed by atoms with Crippen LogP contribution in [0.3, 0.4) is 0 Å². The van der Waals surface area contributed by atoms with Gasteiger partial charge < -0.3 is 4.40 Å². The van der Waals surface area contributed by atoms with Crippen molar-refractivity contribution in [2.45, 2.75) is 0 Å². The molecule has 0 aromatic carbocycles. The fourth-order valence-corrected chi connectivity index (χ4v) is 1.13. The minimum atomic E-state index is 0. The summed E-state index contributed by atoms with van der Waals surface area (Å²) in [6, 6.07) is 3.71. The Morgan fingerprint density at radius 3 is 2.91 bits per heavy atom. The smallest absolute Gasteiger partial charge is 0.155 e. The molecule has 0 spiro atoms. The second-order valence-corrected chi connectivity index (χ2v) is 2.42. The third-order valence-corrected chi connectivity index (χ3v) is 1.67. The van der Waals surface area contributed by atoms with E-state index in [1.54, 1.807) is 6.20 Å². The molecule has 2 rings (SSSR count). The third kappa shape index (κ3) is 1.32. The van der Waals surface area contributed by atoms with E-state index in [9.17, 15) is 0 Å². The average Bonchev–Trinajstić information content (AvgIpc) is 2.36. The first-order chi connectivity index (χ1) is 4.88. The van der Waals surface area contributed by atoms with E-state index in [1.165, 1.54) is 0 Å². The summed E-state index contributed by atoms with van der Waals surface area (Å²) in [5.74, 6) is 0. The summed E-state index contributed by atoms with van der Waals surface area (Å²) in [5, 5.41) is 0.688. The van der Waals surface area contributed by atoms with E-state index < -0.39 is 0 Å². The lowest BCUT2D eigenvalue weighted by molar-refractivity contribution is 1.19. The lowest BCUT2D eigenvalue weighted by Crippen LogP contribution is -1.80. The molecule has 0 unspecified atom stereocenters. The maximum absolute atomic E-state index is 5.82. The SMILES string of the molecule is Cl.Clc1cccn2ccnc12. The number of rotatable bonds is 0. The first-order valence-corrected chi connectivity index (χ1v) is 3.33. The minimum absolute atomic E-state index is 0. The summed E-state index contributed by atoms with van der Waals surface area (Å²) in [7, 11) is 0. The van der Waals surface area contributed by atoms with E-state index in [0.717, 1.165) is 5.65 Å². The highest BCUT2D eigenvalue weighted by Crippen LogP contribution is 2.13. The van der Waals surface area contributed by atoms with E-state index in [-0.39, 0.29) is 12.4 Å². The first-order valence-electron chi connectivity index (χ1n) is 2.95. The van der Waals surface area contributed by atoms with Crippen molar-refractivity contribution in [1.82, 2.24) is 9.38 Å². The molecule has 0 aliphatic carbocycles. The van der Waals surface area contributed by atoms with Crippen molar-refractivity contribution >= 4 is 29.7 Å². The molecule has 4 heteroatoms. The molecular formula is C7H6Cl2N2. The van der Waals surface area contributed by atoms with Gasteiger partial charge in [0.25, 0.3) is 0 Å². The van der Waals surface area contributed by atoms with Gasteiger partial charge in [-0.1, -0.05) is 11.6 Å². The molecule has 2 nitrogen and oxygen atoms in total. The Bertz CT molecular complexity index is 356. The molecule has 0 aliphatic rings. The topological polar surface area (TPSA) is 17.3 Å². The van der Waals surface area contributed by atoms with Gasteiger partial charge in [0.15, 0.2) is 5.65 Å². The van der Waals surface area contributed by atoms with Gasteiger partial charge in [0.2, 0.25) is 0 Å². The van der Waals surface area contributed by atoms with Crippen LogP contribution in [0, 0.1) is 0 Å². The Labute approximate surface area is 75.2 Å². The number of aromatic nitrogens is 2. The second-order valence-electron chi connectivity index (χ2n) is 2.01. The van der Waals surface area contributed by atoms with Crippen LogP contribution < -0.4 is 0 Å². The van der Waals surface area contributed by atoms with E-state index in [2.05, 4.69) is 4.98 Å². The summed E-state index contributed by atoms with van der Waals surface area (Å²) < 4.78 is 1.88. The Morgan fingerprint density at radius 1 is 1.36 bits per heavy atom. The van der Waals surface area contributed by atoms with Crippen LogP contribution in [0.5, 0.6) is 0 Å². The van der Waals surface area contributed by atoms with Gasteiger partial charge in [-0.05, 0) is 12.1 Å².